The maximum absolute atomic E-state index is 12.6. The van der Waals surface area contributed by atoms with E-state index in [0.29, 0.717) is 0 Å². The Morgan fingerprint density at radius 1 is 0.878 bits per heavy atom. The molecule has 212 valence electrons. The first-order valence-electron chi connectivity index (χ1n) is 10.4. The van der Waals surface area contributed by atoms with Gasteiger partial charge >= 0.3 is 0 Å². The molecule has 14 nitrogen and oxygen atoms in total. The molecule has 0 aliphatic carbocycles. The summed E-state index contributed by atoms with van der Waals surface area (Å²) in [5, 5.41) is 19.8. The molecule has 0 spiro atoms. The summed E-state index contributed by atoms with van der Waals surface area (Å²) in [6.07, 6.45) is 2.76. The number of hydrogen-bond acceptors (Lipinski definition) is 11. The van der Waals surface area contributed by atoms with Gasteiger partial charge in [-0.3, -0.25) is 30.0 Å². The standard InChI is InChI=1S/C10H6Cl2N4O3.C6H2Cl2FNO2.C4H5N3O.BH.U/c11-8-5(16(17)18)1-2-6(9(8)12)19-7-3-4-14-10(13)15-7;7-5-3(9)1-2-4(6(5)8)10(11)12;5-4-6-2-1-3(8)7-4;;/h1-4H,(H2,13,14,15);1-2H;1-2H,(H3,5,6,7,8);1H;/i;;;1D;. The zero-order chi connectivity index (χ0) is 31.3. The molecule has 4 aromatic rings. The fourth-order valence-corrected chi connectivity index (χ4v) is 3.12. The average molecular weight is 873 g/mol. The monoisotopic (exact) mass is 871 g/mol. The Kier molecular flexibility index (Phi) is 15.4. The summed E-state index contributed by atoms with van der Waals surface area (Å²) in [5.74, 6) is -0.305. The Morgan fingerprint density at radius 3 is 1.90 bits per heavy atom. The average Bonchev–Trinajstić information content (AvgIpc) is 2.91. The van der Waals surface area contributed by atoms with Gasteiger partial charge in [-0.25, -0.2) is 14.4 Å². The summed E-state index contributed by atoms with van der Waals surface area (Å²) in [6.45, 7) is 0. The van der Waals surface area contributed by atoms with E-state index in [2.05, 4.69) is 28.3 Å². The van der Waals surface area contributed by atoms with E-state index >= 15 is 0 Å². The van der Waals surface area contributed by atoms with Crippen molar-refractivity contribution in [3.8, 4) is 11.6 Å². The Hall–Kier alpha value is -3.19. The molecule has 0 saturated carbocycles. The Bertz CT molecular complexity index is 1600. The van der Waals surface area contributed by atoms with Crippen molar-refractivity contribution in [2.45, 2.75) is 0 Å². The molecule has 0 amide bonds. The van der Waals surface area contributed by atoms with Gasteiger partial charge in [-0.1, -0.05) is 46.4 Å². The number of rotatable bonds is 4. The number of aromatic amines is 1. The molecular weight excluding hydrogens is 858 g/mol. The molecule has 5 N–H and O–H groups in total. The first-order chi connectivity index (χ1) is 19.3. The van der Waals surface area contributed by atoms with Crippen LogP contribution >= 0.6 is 46.4 Å². The van der Waals surface area contributed by atoms with Crippen LogP contribution in [0, 0.1) is 57.2 Å². The van der Waals surface area contributed by atoms with Gasteiger partial charge in [0.05, 0.1) is 9.85 Å². The maximum atomic E-state index is 12.6. The zero-order valence-corrected chi connectivity index (χ0v) is 27.1. The molecule has 0 unspecified atom stereocenters. The van der Waals surface area contributed by atoms with E-state index in [1.807, 2.05) is 0 Å². The summed E-state index contributed by atoms with van der Waals surface area (Å²) in [4.78, 5) is 43.2. The van der Waals surface area contributed by atoms with Crippen molar-refractivity contribution in [1.29, 1.82) is 1.34 Å². The third kappa shape index (κ3) is 11.3. The van der Waals surface area contributed by atoms with Gasteiger partial charge in [0.15, 0.2) is 5.95 Å². The van der Waals surface area contributed by atoms with Crippen LogP contribution in [0.1, 0.15) is 0 Å². The first-order valence-corrected chi connectivity index (χ1v) is 11.3. The van der Waals surface area contributed by atoms with Gasteiger partial charge in [-0.15, -0.1) is 0 Å². The summed E-state index contributed by atoms with van der Waals surface area (Å²) in [7, 11) is 3.75. The minimum atomic E-state index is -0.771. The SMILES string of the molecule is Nc1nccc(=O)[nH]1.Nc1nccc(Oc2ccc([N+](=O)[O-])c(Cl)c2Cl)n1.O=[N+]([O-])c1ccc(F)c(Cl)c1Cl.[2H][B].[U]. The summed E-state index contributed by atoms with van der Waals surface area (Å²) in [5.41, 5.74) is 9.56. The van der Waals surface area contributed by atoms with E-state index in [0.717, 1.165) is 12.1 Å². The molecule has 2 aromatic carbocycles. The van der Waals surface area contributed by atoms with Gasteiger partial charge in [-0.05, 0) is 13.5 Å². The number of hydrogen-bond donors (Lipinski definition) is 3. The molecule has 2 radical (unpaired) electrons. The number of aromatic nitrogens is 4. The Morgan fingerprint density at radius 2 is 1.41 bits per heavy atom. The van der Waals surface area contributed by atoms with Crippen LogP contribution < -0.4 is 21.8 Å². The van der Waals surface area contributed by atoms with Crippen LogP contribution in [-0.2, 0) is 0 Å². The largest absolute Gasteiger partial charge is 0.437 e. The van der Waals surface area contributed by atoms with E-state index < -0.39 is 26.4 Å². The second-order valence-corrected chi connectivity index (χ2v) is 8.11. The first kappa shape index (κ1) is 35.8. The number of nitrogens with two attached hydrogens (primary N) is 2. The molecule has 41 heavy (non-hydrogen) atoms. The maximum Gasteiger partial charge on any atom is 0.289 e. The van der Waals surface area contributed by atoms with E-state index in [-0.39, 0.29) is 81.0 Å². The fourth-order valence-electron chi connectivity index (χ4n) is 2.31. The number of anilines is 2. The smallest absolute Gasteiger partial charge is 0.289 e. The molecule has 2 heterocycles. The van der Waals surface area contributed by atoms with Crippen LogP contribution in [0.15, 0.2) is 53.6 Å². The van der Waals surface area contributed by atoms with Crippen molar-refractivity contribution in [3.05, 3.63) is 105 Å². The van der Waals surface area contributed by atoms with Crippen molar-refractivity contribution < 1.29 is 50.1 Å². The summed E-state index contributed by atoms with van der Waals surface area (Å²) < 4.78 is 23.2. The number of H-pyrrole nitrogens is 1. The molecule has 21 heteroatoms. The number of benzene rings is 2. The number of nitrogens with zero attached hydrogens (tertiary/aromatic N) is 5. The number of nitro groups is 2. The predicted molar refractivity (Wildman–Crippen MR) is 149 cm³/mol. The molecule has 0 bridgehead atoms. The second-order valence-electron chi connectivity index (χ2n) is 6.59. The van der Waals surface area contributed by atoms with Crippen LogP contribution in [0.25, 0.3) is 0 Å². The molecule has 0 fully saturated rings. The molecule has 4 rings (SSSR count). The van der Waals surface area contributed by atoms with Crippen LogP contribution in [0.4, 0.5) is 27.7 Å². The van der Waals surface area contributed by atoms with E-state index in [1.165, 1.54) is 36.7 Å². The summed E-state index contributed by atoms with van der Waals surface area (Å²) >= 11 is 22.4. The van der Waals surface area contributed by atoms with Crippen molar-refractivity contribution in [1.82, 2.24) is 19.9 Å². The molecular formula is C20H14BCl4FN8O6U. The normalized spacial score (nSPS) is 9.54. The molecule has 0 atom stereocenters. The van der Waals surface area contributed by atoms with Crippen LogP contribution in [0.2, 0.25) is 20.1 Å². The van der Waals surface area contributed by atoms with Gasteiger partial charge in [-0.2, -0.15) is 4.98 Å². The van der Waals surface area contributed by atoms with Crippen LogP contribution in [-0.4, -0.2) is 39.5 Å². The second kappa shape index (κ2) is 17.6. The Labute approximate surface area is 276 Å². The zero-order valence-electron chi connectivity index (χ0n) is 20.9. The minimum absolute atomic E-state index is 0. The van der Waals surface area contributed by atoms with E-state index in [1.54, 1.807) is 0 Å². The van der Waals surface area contributed by atoms with Gasteiger partial charge in [0.2, 0.25) is 11.8 Å². The number of nitrogens with one attached hydrogen (secondary N) is 1. The van der Waals surface area contributed by atoms with E-state index in [9.17, 15) is 29.4 Å². The third-order valence-corrected chi connectivity index (χ3v) is 5.69. The quantitative estimate of drug-likeness (QED) is 0.109. The van der Waals surface area contributed by atoms with E-state index in [4.69, 9.17) is 63.9 Å². The van der Waals surface area contributed by atoms with Gasteiger partial charge in [0, 0.05) is 76.1 Å². The van der Waals surface area contributed by atoms with Crippen LogP contribution in [0.5, 0.6) is 11.6 Å². The van der Waals surface area contributed by atoms with Crippen molar-refractivity contribution in [2.75, 3.05) is 11.5 Å². The van der Waals surface area contributed by atoms with Crippen molar-refractivity contribution in [2.24, 2.45) is 0 Å². The predicted octanol–water partition coefficient (Wildman–Crippen LogP) is 4.81. The number of halogens is 5. The minimum Gasteiger partial charge on any atom is -0.437 e. The molecule has 0 aliphatic rings. The summed E-state index contributed by atoms with van der Waals surface area (Å²) in [6, 6.07) is 7.13. The van der Waals surface area contributed by atoms with Gasteiger partial charge in [0.25, 0.3) is 16.9 Å². The van der Waals surface area contributed by atoms with Crippen molar-refractivity contribution >= 4 is 78.1 Å². The number of nitrogen functional groups attached to an aromatic ring is 2. The molecule has 0 saturated heterocycles. The number of ether oxygens (including phenoxy) is 1. The van der Waals surface area contributed by atoms with Crippen molar-refractivity contribution in [3.63, 3.8) is 0 Å². The fraction of sp³-hybridized carbons (Fsp3) is 0. The topological polar surface area (TPSA) is 219 Å². The van der Waals surface area contributed by atoms with Crippen LogP contribution in [0.3, 0.4) is 0 Å². The third-order valence-electron chi connectivity index (χ3n) is 3.99. The number of nitro benzene ring substituents is 2. The Balaban J connectivity index is 0.000000627. The molecule has 0 aliphatic heterocycles. The molecule has 2 aromatic heterocycles. The van der Waals surface area contributed by atoms with Gasteiger partial charge in [0.1, 0.15) is 31.7 Å². The van der Waals surface area contributed by atoms with Gasteiger partial charge < -0.3 is 16.2 Å².